The van der Waals surface area contributed by atoms with E-state index < -0.39 is 6.03 Å². The summed E-state index contributed by atoms with van der Waals surface area (Å²) in [6.07, 6.45) is 8.43. The van der Waals surface area contributed by atoms with Crippen LogP contribution < -0.4 is 10.6 Å². The molecule has 1 fully saturated rings. The summed E-state index contributed by atoms with van der Waals surface area (Å²) in [7, 11) is 0. The van der Waals surface area contributed by atoms with Crippen LogP contribution in [0.1, 0.15) is 24.3 Å². The normalized spacial score (nSPS) is 13.6. The van der Waals surface area contributed by atoms with Crippen molar-refractivity contribution in [2.45, 2.75) is 18.8 Å². The topological polar surface area (TPSA) is 111 Å². The maximum atomic E-state index is 12.5. The Morgan fingerprint density at radius 1 is 1.14 bits per heavy atom. The van der Waals surface area contributed by atoms with Gasteiger partial charge in [0.25, 0.3) is 0 Å². The molecular weight excluding hydrogens is 400 g/mol. The first-order valence-corrected chi connectivity index (χ1v) is 9.77. The highest BCUT2D eigenvalue weighted by Gasteiger charge is 2.30. The van der Waals surface area contributed by atoms with E-state index in [9.17, 15) is 4.79 Å². The Balaban J connectivity index is 1.36. The first kappa shape index (κ1) is 17.0. The second-order valence-corrected chi connectivity index (χ2v) is 7.53. The molecule has 0 aromatic carbocycles. The molecule has 2 N–H and O–H groups in total. The van der Waals surface area contributed by atoms with Crippen molar-refractivity contribution >= 4 is 50.7 Å². The fourth-order valence-corrected chi connectivity index (χ4v) is 3.87. The molecular formula is C17H13ClN8OS. The monoisotopic (exact) mass is 412 g/mol. The number of amides is 2. The number of carbonyl (C=O) groups is 1. The molecule has 0 bridgehead atoms. The van der Waals surface area contributed by atoms with Gasteiger partial charge in [-0.15, -0.1) is 16.1 Å². The Hall–Kier alpha value is -3.11. The lowest BCUT2D eigenvalue weighted by atomic mass is 10.1. The number of rotatable bonds is 4. The van der Waals surface area contributed by atoms with Crippen molar-refractivity contribution in [2.24, 2.45) is 0 Å². The lowest BCUT2D eigenvalue weighted by Gasteiger charge is -2.12. The molecule has 28 heavy (non-hydrogen) atoms. The van der Waals surface area contributed by atoms with Crippen molar-refractivity contribution in [2.75, 3.05) is 10.6 Å². The van der Waals surface area contributed by atoms with Crippen LogP contribution in [0.25, 0.3) is 16.2 Å². The van der Waals surface area contributed by atoms with E-state index in [4.69, 9.17) is 11.6 Å². The van der Waals surface area contributed by atoms with Gasteiger partial charge in [0.15, 0.2) is 5.82 Å². The lowest BCUT2D eigenvalue weighted by Crippen LogP contribution is -2.20. The molecule has 1 saturated carbocycles. The summed E-state index contributed by atoms with van der Waals surface area (Å²) in [6.45, 7) is 0. The third-order valence-electron chi connectivity index (χ3n) is 4.33. The van der Waals surface area contributed by atoms with Crippen molar-refractivity contribution in [3.8, 4) is 5.82 Å². The van der Waals surface area contributed by atoms with Crippen molar-refractivity contribution in [1.29, 1.82) is 0 Å². The summed E-state index contributed by atoms with van der Waals surface area (Å²) in [5.74, 6) is 0.798. The summed E-state index contributed by atoms with van der Waals surface area (Å²) in [4.78, 5) is 27.7. The molecule has 4 aromatic heterocycles. The van der Waals surface area contributed by atoms with E-state index in [1.807, 2.05) is 0 Å². The summed E-state index contributed by atoms with van der Waals surface area (Å²) >= 11 is 7.73. The molecule has 2 amide bonds. The quantitative estimate of drug-likeness (QED) is 0.526. The number of nitrogens with one attached hydrogen (secondary N) is 2. The maximum absolute atomic E-state index is 12.5. The van der Waals surface area contributed by atoms with Crippen molar-refractivity contribution in [1.82, 2.24) is 29.9 Å². The van der Waals surface area contributed by atoms with Crippen molar-refractivity contribution in [3.63, 3.8) is 0 Å². The zero-order valence-electron chi connectivity index (χ0n) is 14.3. The average Bonchev–Trinajstić information content (AvgIpc) is 3.16. The minimum atomic E-state index is -0.402. The number of hydrogen-bond acceptors (Lipinski definition) is 7. The molecule has 4 aromatic rings. The van der Waals surface area contributed by atoms with Crippen LogP contribution >= 0.6 is 22.9 Å². The maximum Gasteiger partial charge on any atom is 0.323 e. The van der Waals surface area contributed by atoms with E-state index >= 15 is 0 Å². The zero-order valence-corrected chi connectivity index (χ0v) is 15.9. The number of anilines is 2. The number of hydrogen-bond donors (Lipinski definition) is 2. The molecule has 0 radical (unpaired) electrons. The van der Waals surface area contributed by atoms with Crippen LogP contribution in [0.3, 0.4) is 0 Å². The van der Waals surface area contributed by atoms with Crippen LogP contribution in [0.15, 0.2) is 36.4 Å². The number of carbonyl (C=O) groups excluding carboxylic acids is 1. The number of fused-ring (bicyclic) bond motifs is 1. The summed E-state index contributed by atoms with van der Waals surface area (Å²) in [5.41, 5.74) is 4.82. The largest absolute Gasteiger partial charge is 0.323 e. The van der Waals surface area contributed by atoms with Crippen LogP contribution in [-0.4, -0.2) is 36.0 Å². The standard InChI is InChI=1S/C17H13ClN8OS/c18-11-5-10(6-19-15(11)26-22-3-4-23-26)24-17(27)25-12-7-20-16-14(21-8-28-16)13(12)9-1-2-9/h3-9H,1-2H2,(H2,24,25,27). The van der Waals surface area contributed by atoms with Gasteiger partial charge in [-0.2, -0.15) is 10.2 Å². The van der Waals surface area contributed by atoms with Crippen molar-refractivity contribution in [3.05, 3.63) is 47.0 Å². The average molecular weight is 413 g/mol. The smallest absolute Gasteiger partial charge is 0.306 e. The predicted molar refractivity (Wildman–Crippen MR) is 106 cm³/mol. The Morgan fingerprint density at radius 3 is 2.71 bits per heavy atom. The predicted octanol–water partition coefficient (Wildman–Crippen LogP) is 3.84. The van der Waals surface area contributed by atoms with Gasteiger partial charge >= 0.3 is 6.03 Å². The number of pyridine rings is 2. The van der Waals surface area contributed by atoms with Crippen LogP contribution in [0.4, 0.5) is 16.2 Å². The molecule has 1 aliphatic rings. The summed E-state index contributed by atoms with van der Waals surface area (Å²) < 4.78 is 0. The number of thiazole rings is 1. The van der Waals surface area contributed by atoms with Gasteiger partial charge in [0, 0.05) is 5.56 Å². The number of urea groups is 1. The van der Waals surface area contributed by atoms with Crippen LogP contribution in [0.2, 0.25) is 5.02 Å². The Kier molecular flexibility index (Phi) is 4.14. The first-order chi connectivity index (χ1) is 13.7. The molecule has 140 valence electrons. The van der Waals surface area contributed by atoms with Gasteiger partial charge in [0.05, 0.1) is 46.7 Å². The minimum absolute atomic E-state index is 0.318. The summed E-state index contributed by atoms with van der Waals surface area (Å²) in [5, 5.41) is 13.9. The molecule has 5 rings (SSSR count). The molecule has 1 aliphatic carbocycles. The van der Waals surface area contributed by atoms with E-state index in [-0.39, 0.29) is 0 Å². The van der Waals surface area contributed by atoms with E-state index in [0.29, 0.717) is 28.1 Å². The second-order valence-electron chi connectivity index (χ2n) is 6.29. The van der Waals surface area contributed by atoms with Crippen LogP contribution in [0, 0.1) is 0 Å². The van der Waals surface area contributed by atoms with Gasteiger partial charge in [-0.3, -0.25) is 0 Å². The van der Waals surface area contributed by atoms with Gasteiger partial charge in [-0.25, -0.2) is 19.7 Å². The molecule has 0 aliphatic heterocycles. The Morgan fingerprint density at radius 2 is 1.96 bits per heavy atom. The minimum Gasteiger partial charge on any atom is -0.306 e. The van der Waals surface area contributed by atoms with Gasteiger partial charge < -0.3 is 10.6 Å². The van der Waals surface area contributed by atoms with Crippen LogP contribution in [-0.2, 0) is 0 Å². The fraction of sp³-hybridized carbons (Fsp3) is 0.176. The zero-order chi connectivity index (χ0) is 19.1. The molecule has 0 atom stereocenters. The molecule has 9 nitrogen and oxygen atoms in total. The van der Waals surface area contributed by atoms with Gasteiger partial charge in [-0.1, -0.05) is 11.6 Å². The van der Waals surface area contributed by atoms with Gasteiger partial charge in [0.1, 0.15) is 10.3 Å². The first-order valence-electron chi connectivity index (χ1n) is 8.51. The van der Waals surface area contributed by atoms with E-state index in [0.717, 1.165) is 28.8 Å². The molecule has 4 heterocycles. The second kappa shape index (κ2) is 6.80. The highest BCUT2D eigenvalue weighted by molar-refractivity contribution is 7.16. The molecule has 0 unspecified atom stereocenters. The van der Waals surface area contributed by atoms with E-state index in [1.165, 1.54) is 34.7 Å². The van der Waals surface area contributed by atoms with Gasteiger partial charge in [-0.05, 0) is 24.8 Å². The number of aromatic nitrogens is 6. The summed E-state index contributed by atoms with van der Waals surface area (Å²) in [6, 6.07) is 1.19. The van der Waals surface area contributed by atoms with E-state index in [2.05, 4.69) is 35.8 Å². The molecule has 0 saturated heterocycles. The number of halogens is 1. The van der Waals surface area contributed by atoms with Crippen LogP contribution in [0.5, 0.6) is 0 Å². The lowest BCUT2D eigenvalue weighted by molar-refractivity contribution is 0.262. The van der Waals surface area contributed by atoms with E-state index in [1.54, 1.807) is 17.8 Å². The third kappa shape index (κ3) is 3.16. The van der Waals surface area contributed by atoms with Gasteiger partial charge in [0.2, 0.25) is 0 Å². The fourth-order valence-electron chi connectivity index (χ4n) is 2.98. The molecule has 11 heteroatoms. The molecule has 0 spiro atoms. The Labute approximate surface area is 167 Å². The highest BCUT2D eigenvalue weighted by atomic mass is 35.5. The highest BCUT2D eigenvalue weighted by Crippen LogP contribution is 2.46. The Bertz CT molecular complexity index is 1170. The number of nitrogens with zero attached hydrogens (tertiary/aromatic N) is 6. The van der Waals surface area contributed by atoms with Crippen molar-refractivity contribution < 1.29 is 4.79 Å². The SMILES string of the molecule is O=C(Nc1cnc(-n2nccn2)c(Cl)c1)Nc1cnc2scnc2c1C1CC1. The third-order valence-corrected chi connectivity index (χ3v) is 5.34.